The normalized spacial score (nSPS) is 12.4. The number of rotatable bonds is 10. The SMILES string of the molecule is O=C(N[C@@H](Cc1c[nH]c2ccccc12)C(=O)N[C@H](Cc1ccccc1)C(=O)O)OCc1ccccc1. The highest BCUT2D eigenvalue weighted by atomic mass is 16.5. The molecule has 0 fully saturated rings. The van der Waals surface area contributed by atoms with Crippen LogP contribution in [0.1, 0.15) is 16.7 Å². The van der Waals surface area contributed by atoms with E-state index in [0.29, 0.717) is 0 Å². The molecule has 4 aromatic rings. The van der Waals surface area contributed by atoms with Crippen LogP contribution < -0.4 is 10.6 Å². The van der Waals surface area contributed by atoms with Crippen molar-refractivity contribution in [2.45, 2.75) is 31.5 Å². The van der Waals surface area contributed by atoms with Gasteiger partial charge in [-0.15, -0.1) is 0 Å². The predicted molar refractivity (Wildman–Crippen MR) is 135 cm³/mol. The number of H-pyrrole nitrogens is 1. The fourth-order valence-corrected chi connectivity index (χ4v) is 3.96. The maximum atomic E-state index is 13.3. The Morgan fingerprint density at radius 1 is 0.778 bits per heavy atom. The van der Waals surface area contributed by atoms with E-state index in [2.05, 4.69) is 15.6 Å². The van der Waals surface area contributed by atoms with E-state index >= 15 is 0 Å². The van der Waals surface area contributed by atoms with Gasteiger partial charge in [0.1, 0.15) is 18.7 Å². The van der Waals surface area contributed by atoms with Gasteiger partial charge < -0.3 is 25.5 Å². The van der Waals surface area contributed by atoms with Gasteiger partial charge in [0, 0.05) is 29.9 Å². The zero-order valence-electron chi connectivity index (χ0n) is 19.5. The van der Waals surface area contributed by atoms with E-state index < -0.39 is 30.1 Å². The monoisotopic (exact) mass is 485 g/mol. The number of benzene rings is 3. The molecule has 0 saturated heterocycles. The number of hydrogen-bond donors (Lipinski definition) is 4. The number of carbonyl (C=O) groups excluding carboxylic acids is 2. The molecule has 0 radical (unpaired) electrons. The molecular weight excluding hydrogens is 458 g/mol. The first-order chi connectivity index (χ1) is 17.5. The van der Waals surface area contributed by atoms with Crippen molar-refractivity contribution in [1.82, 2.24) is 15.6 Å². The van der Waals surface area contributed by atoms with Crippen LogP contribution >= 0.6 is 0 Å². The van der Waals surface area contributed by atoms with Gasteiger partial charge >= 0.3 is 12.1 Å². The Bertz CT molecular complexity index is 1320. The van der Waals surface area contributed by atoms with Crippen LogP contribution in [0.5, 0.6) is 0 Å². The number of carboxylic acids is 1. The number of carboxylic acid groups (broad SMARTS) is 1. The number of para-hydroxylation sites is 1. The third kappa shape index (κ3) is 6.50. The van der Waals surface area contributed by atoms with E-state index in [4.69, 9.17) is 4.74 Å². The molecule has 3 aromatic carbocycles. The Morgan fingerprint density at radius 3 is 2.11 bits per heavy atom. The summed E-state index contributed by atoms with van der Waals surface area (Å²) in [6.07, 6.45) is 1.27. The smallest absolute Gasteiger partial charge is 0.408 e. The molecule has 1 aromatic heterocycles. The number of fused-ring (bicyclic) bond motifs is 1. The molecule has 0 spiro atoms. The molecule has 0 aliphatic heterocycles. The summed E-state index contributed by atoms with van der Waals surface area (Å²) in [5.41, 5.74) is 3.28. The van der Waals surface area contributed by atoms with Crippen molar-refractivity contribution < 1.29 is 24.2 Å². The van der Waals surface area contributed by atoms with Crippen LogP contribution in [0.2, 0.25) is 0 Å². The highest BCUT2D eigenvalue weighted by Gasteiger charge is 2.28. The fraction of sp³-hybridized carbons (Fsp3) is 0.179. The van der Waals surface area contributed by atoms with E-state index in [0.717, 1.165) is 27.6 Å². The minimum Gasteiger partial charge on any atom is -0.480 e. The zero-order chi connectivity index (χ0) is 25.3. The van der Waals surface area contributed by atoms with Gasteiger partial charge in [-0.3, -0.25) is 4.79 Å². The largest absolute Gasteiger partial charge is 0.480 e. The summed E-state index contributed by atoms with van der Waals surface area (Å²) in [4.78, 5) is 40.9. The zero-order valence-corrected chi connectivity index (χ0v) is 19.5. The predicted octanol–water partition coefficient (Wildman–Crippen LogP) is 3.82. The molecule has 184 valence electrons. The summed E-state index contributed by atoms with van der Waals surface area (Å²) in [5.74, 6) is -1.77. The second kappa shape index (κ2) is 11.7. The average molecular weight is 486 g/mol. The van der Waals surface area contributed by atoms with Crippen LogP contribution in [0.25, 0.3) is 10.9 Å². The van der Waals surface area contributed by atoms with E-state index in [-0.39, 0.29) is 19.4 Å². The van der Waals surface area contributed by atoms with Gasteiger partial charge in [0.15, 0.2) is 0 Å². The number of ether oxygens (including phenoxy) is 1. The van der Waals surface area contributed by atoms with Crippen LogP contribution in [-0.2, 0) is 33.8 Å². The summed E-state index contributed by atoms with van der Waals surface area (Å²) < 4.78 is 5.31. The van der Waals surface area contributed by atoms with E-state index in [1.54, 1.807) is 30.5 Å². The van der Waals surface area contributed by atoms with Crippen LogP contribution in [0.4, 0.5) is 4.79 Å². The molecule has 4 rings (SSSR count). The first kappa shape index (κ1) is 24.5. The summed E-state index contributed by atoms with van der Waals surface area (Å²) in [6.45, 7) is 0.0415. The molecule has 2 amide bonds. The van der Waals surface area contributed by atoms with Gasteiger partial charge in [0.05, 0.1) is 0 Å². The number of aromatic nitrogens is 1. The van der Waals surface area contributed by atoms with Crippen molar-refractivity contribution in [3.05, 3.63) is 108 Å². The molecule has 0 aliphatic carbocycles. The van der Waals surface area contributed by atoms with Gasteiger partial charge in [-0.2, -0.15) is 0 Å². The number of carbonyl (C=O) groups is 3. The Kier molecular flexibility index (Phi) is 7.97. The van der Waals surface area contributed by atoms with Gasteiger partial charge in [-0.1, -0.05) is 78.9 Å². The maximum Gasteiger partial charge on any atom is 0.408 e. The highest BCUT2D eigenvalue weighted by molar-refractivity contribution is 5.91. The Balaban J connectivity index is 1.50. The van der Waals surface area contributed by atoms with Gasteiger partial charge in [0.2, 0.25) is 5.91 Å². The van der Waals surface area contributed by atoms with E-state index in [9.17, 15) is 19.5 Å². The van der Waals surface area contributed by atoms with Crippen molar-refractivity contribution >= 4 is 28.9 Å². The molecule has 2 atom stereocenters. The van der Waals surface area contributed by atoms with Crippen molar-refractivity contribution in [2.75, 3.05) is 0 Å². The Morgan fingerprint density at radius 2 is 1.42 bits per heavy atom. The second-order valence-electron chi connectivity index (χ2n) is 8.41. The number of aromatic amines is 1. The van der Waals surface area contributed by atoms with Crippen molar-refractivity contribution in [2.24, 2.45) is 0 Å². The third-order valence-electron chi connectivity index (χ3n) is 5.82. The molecule has 4 N–H and O–H groups in total. The lowest BCUT2D eigenvalue weighted by molar-refractivity contribution is -0.142. The second-order valence-corrected chi connectivity index (χ2v) is 8.41. The summed E-state index contributed by atoms with van der Waals surface area (Å²) in [6, 6.07) is 23.6. The molecule has 0 aliphatic rings. The topological polar surface area (TPSA) is 121 Å². The van der Waals surface area contributed by atoms with Crippen molar-refractivity contribution in [3.63, 3.8) is 0 Å². The summed E-state index contributed by atoms with van der Waals surface area (Å²) in [7, 11) is 0. The minimum absolute atomic E-state index is 0.0415. The van der Waals surface area contributed by atoms with Crippen LogP contribution in [0.3, 0.4) is 0 Å². The lowest BCUT2D eigenvalue weighted by atomic mass is 10.0. The van der Waals surface area contributed by atoms with Gasteiger partial charge in [-0.25, -0.2) is 9.59 Å². The average Bonchev–Trinajstić information content (AvgIpc) is 3.30. The molecule has 1 heterocycles. The van der Waals surface area contributed by atoms with Crippen LogP contribution in [0.15, 0.2) is 91.1 Å². The highest BCUT2D eigenvalue weighted by Crippen LogP contribution is 2.19. The summed E-state index contributed by atoms with van der Waals surface area (Å²) in [5, 5.41) is 15.8. The molecule has 8 heteroatoms. The van der Waals surface area contributed by atoms with Crippen molar-refractivity contribution in [3.8, 4) is 0 Å². The number of amides is 2. The number of aliphatic carboxylic acids is 1. The van der Waals surface area contributed by atoms with Crippen molar-refractivity contribution in [1.29, 1.82) is 0 Å². The number of nitrogens with one attached hydrogen (secondary N) is 3. The molecule has 0 saturated carbocycles. The molecule has 0 unspecified atom stereocenters. The number of hydrogen-bond acceptors (Lipinski definition) is 4. The lowest BCUT2D eigenvalue weighted by Crippen LogP contribution is -2.53. The molecule has 0 bridgehead atoms. The van der Waals surface area contributed by atoms with Gasteiger partial charge in [0.25, 0.3) is 0 Å². The summed E-state index contributed by atoms with van der Waals surface area (Å²) >= 11 is 0. The molecule has 8 nitrogen and oxygen atoms in total. The first-order valence-electron chi connectivity index (χ1n) is 11.6. The fourth-order valence-electron chi connectivity index (χ4n) is 3.96. The van der Waals surface area contributed by atoms with Gasteiger partial charge in [-0.05, 0) is 22.8 Å². The third-order valence-corrected chi connectivity index (χ3v) is 5.82. The molecular formula is C28H27N3O5. The number of alkyl carbamates (subject to hydrolysis) is 1. The maximum absolute atomic E-state index is 13.3. The Labute approximate surface area is 208 Å². The minimum atomic E-state index is -1.16. The van der Waals surface area contributed by atoms with E-state index in [1.807, 2.05) is 60.7 Å². The Hall–Kier alpha value is -4.59. The standard InChI is InChI=1S/C28H27N3O5/c32-26(30-25(27(33)34)15-19-9-3-1-4-10-19)24(16-21-17-29-23-14-8-7-13-22(21)23)31-28(35)36-18-20-11-5-2-6-12-20/h1-14,17,24-25,29H,15-16,18H2,(H,30,32)(H,31,35)(H,33,34)/t24-,25+/m0/s1. The quantitative estimate of drug-likeness (QED) is 0.272. The van der Waals surface area contributed by atoms with E-state index in [1.165, 1.54) is 0 Å². The lowest BCUT2D eigenvalue weighted by Gasteiger charge is -2.21. The first-order valence-corrected chi connectivity index (χ1v) is 11.6. The molecule has 36 heavy (non-hydrogen) atoms. The van der Waals surface area contributed by atoms with Crippen LogP contribution in [-0.4, -0.2) is 40.1 Å². The van der Waals surface area contributed by atoms with Crippen LogP contribution in [0, 0.1) is 0 Å².